The lowest BCUT2D eigenvalue weighted by molar-refractivity contribution is 0.103. The van der Waals surface area contributed by atoms with E-state index < -0.39 is 11.2 Å². The highest BCUT2D eigenvalue weighted by Crippen LogP contribution is 2.51. The van der Waals surface area contributed by atoms with Crippen molar-refractivity contribution in [2.24, 2.45) is 0 Å². The number of hydrogen-bond acceptors (Lipinski definition) is 2. The van der Waals surface area contributed by atoms with Crippen LogP contribution in [0.1, 0.15) is 34.7 Å². The Hall–Kier alpha value is -5.54. The van der Waals surface area contributed by atoms with Crippen molar-refractivity contribution in [3.63, 3.8) is 0 Å². The van der Waals surface area contributed by atoms with Gasteiger partial charge in [-0.1, -0.05) is 170 Å². The maximum atomic E-state index is 12.2. The number of benzene rings is 7. The van der Waals surface area contributed by atoms with E-state index in [1.54, 1.807) is 0 Å². The molecule has 8 rings (SSSR count). The zero-order chi connectivity index (χ0) is 32.0. The summed E-state index contributed by atoms with van der Waals surface area (Å²) in [6.45, 7) is 1.87. The third kappa shape index (κ3) is 4.82. The molecule has 7 aromatic carbocycles. The van der Waals surface area contributed by atoms with Crippen LogP contribution in [-0.4, -0.2) is 10.2 Å². The van der Waals surface area contributed by atoms with Gasteiger partial charge in [0.1, 0.15) is 11.2 Å². The summed E-state index contributed by atoms with van der Waals surface area (Å²) in [5.74, 6) is 0. The summed E-state index contributed by atoms with van der Waals surface area (Å²) in [6.07, 6.45) is 0. The highest BCUT2D eigenvalue weighted by atomic mass is 16.3. The molecule has 1 aliphatic carbocycles. The summed E-state index contributed by atoms with van der Waals surface area (Å²) >= 11 is 0. The number of fused-ring (bicyclic) bond motifs is 3. The third-order valence-electron chi connectivity index (χ3n) is 9.74. The average Bonchev–Trinajstić information content (AvgIpc) is 3.41. The van der Waals surface area contributed by atoms with E-state index in [9.17, 15) is 10.2 Å². The van der Waals surface area contributed by atoms with Crippen molar-refractivity contribution in [2.75, 3.05) is 0 Å². The molecule has 0 aliphatic heterocycles. The van der Waals surface area contributed by atoms with Gasteiger partial charge in [-0.2, -0.15) is 0 Å². The number of rotatable bonds is 6. The van der Waals surface area contributed by atoms with Crippen molar-refractivity contribution < 1.29 is 10.2 Å². The van der Waals surface area contributed by atoms with Crippen LogP contribution >= 0.6 is 0 Å². The molecule has 0 spiro atoms. The molecule has 1 unspecified atom stereocenters. The van der Waals surface area contributed by atoms with Crippen molar-refractivity contribution in [2.45, 2.75) is 18.1 Å². The van der Waals surface area contributed by atoms with Crippen LogP contribution in [0, 0.1) is 0 Å². The average molecular weight is 607 g/mol. The predicted octanol–water partition coefficient (Wildman–Crippen LogP) is 10.2. The van der Waals surface area contributed by atoms with Gasteiger partial charge in [-0.3, -0.25) is 0 Å². The van der Waals surface area contributed by atoms with E-state index in [2.05, 4.69) is 78.9 Å². The van der Waals surface area contributed by atoms with E-state index in [1.165, 1.54) is 0 Å². The molecular weight excluding hydrogens is 572 g/mol. The first-order chi connectivity index (χ1) is 22.9. The molecule has 0 aromatic heterocycles. The van der Waals surface area contributed by atoms with Crippen LogP contribution in [0.25, 0.3) is 44.5 Å². The first-order valence-electron chi connectivity index (χ1n) is 16.1. The second kappa shape index (κ2) is 11.4. The van der Waals surface area contributed by atoms with Gasteiger partial charge in [-0.05, 0) is 74.2 Å². The SMILES string of the molecule is CC(O)(c1ccc(-c2cccc(-c3ccc(C4(O)c5ccccc5-c5ccccc54)cc3)c2)cc1)c1ccccc1-c1ccccc1. The molecular formula is C45H34O2. The van der Waals surface area contributed by atoms with Crippen LogP contribution < -0.4 is 0 Å². The molecule has 7 aromatic rings. The quantitative estimate of drug-likeness (QED) is 0.198. The van der Waals surface area contributed by atoms with Gasteiger partial charge in [0.2, 0.25) is 0 Å². The summed E-state index contributed by atoms with van der Waals surface area (Å²) in [5.41, 5.74) is 10.6. The highest BCUT2D eigenvalue weighted by molar-refractivity contribution is 5.82. The first-order valence-corrected chi connectivity index (χ1v) is 16.1. The minimum absolute atomic E-state index is 0.837. The van der Waals surface area contributed by atoms with Gasteiger partial charge in [0.05, 0.1) is 0 Å². The van der Waals surface area contributed by atoms with E-state index in [0.29, 0.717) is 0 Å². The smallest absolute Gasteiger partial charge is 0.141 e. The molecule has 2 N–H and O–H groups in total. The fourth-order valence-electron chi connectivity index (χ4n) is 7.23. The second-order valence-electron chi connectivity index (χ2n) is 12.5. The minimum Gasteiger partial charge on any atom is -0.381 e. The van der Waals surface area contributed by atoms with Crippen LogP contribution in [0.2, 0.25) is 0 Å². The van der Waals surface area contributed by atoms with Crippen LogP contribution in [0.15, 0.2) is 176 Å². The first kappa shape index (κ1) is 28.9. The van der Waals surface area contributed by atoms with Crippen molar-refractivity contribution in [3.05, 3.63) is 204 Å². The van der Waals surface area contributed by atoms with Crippen LogP contribution in [0.4, 0.5) is 0 Å². The Balaban J connectivity index is 1.08. The Kier molecular flexibility index (Phi) is 6.99. The largest absolute Gasteiger partial charge is 0.381 e. The Morgan fingerprint density at radius 3 is 1.49 bits per heavy atom. The molecule has 47 heavy (non-hydrogen) atoms. The van der Waals surface area contributed by atoms with Crippen molar-refractivity contribution in [1.29, 1.82) is 0 Å². The summed E-state index contributed by atoms with van der Waals surface area (Å²) in [7, 11) is 0. The van der Waals surface area contributed by atoms with Crippen LogP contribution in [0.5, 0.6) is 0 Å². The van der Waals surface area contributed by atoms with Crippen molar-refractivity contribution >= 4 is 0 Å². The zero-order valence-electron chi connectivity index (χ0n) is 26.1. The summed E-state index contributed by atoms with van der Waals surface area (Å²) < 4.78 is 0. The summed E-state index contributed by atoms with van der Waals surface area (Å²) in [5, 5.41) is 24.1. The number of hydrogen-bond donors (Lipinski definition) is 2. The lowest BCUT2D eigenvalue weighted by atomic mass is 9.83. The predicted molar refractivity (Wildman–Crippen MR) is 192 cm³/mol. The molecule has 0 bridgehead atoms. The Bertz CT molecular complexity index is 2170. The molecule has 0 heterocycles. The van der Waals surface area contributed by atoms with Gasteiger partial charge in [0, 0.05) is 11.1 Å². The van der Waals surface area contributed by atoms with Crippen LogP contribution in [-0.2, 0) is 11.2 Å². The van der Waals surface area contributed by atoms with E-state index >= 15 is 0 Å². The zero-order valence-corrected chi connectivity index (χ0v) is 26.1. The van der Waals surface area contributed by atoms with Gasteiger partial charge in [-0.15, -0.1) is 0 Å². The minimum atomic E-state index is -1.20. The van der Waals surface area contributed by atoms with Gasteiger partial charge in [0.15, 0.2) is 0 Å². The lowest BCUT2D eigenvalue weighted by Gasteiger charge is -2.27. The fourth-order valence-corrected chi connectivity index (χ4v) is 7.23. The lowest BCUT2D eigenvalue weighted by Crippen LogP contribution is -2.26. The molecule has 0 saturated heterocycles. The number of aliphatic hydroxyl groups is 2. The van der Waals surface area contributed by atoms with E-state index in [-0.39, 0.29) is 0 Å². The Labute approximate surface area is 275 Å². The van der Waals surface area contributed by atoms with E-state index in [0.717, 1.165) is 72.3 Å². The van der Waals surface area contributed by atoms with Crippen LogP contribution in [0.3, 0.4) is 0 Å². The maximum absolute atomic E-state index is 12.2. The molecule has 0 saturated carbocycles. The normalized spacial score (nSPS) is 14.2. The Morgan fingerprint density at radius 1 is 0.426 bits per heavy atom. The Morgan fingerprint density at radius 2 is 0.894 bits per heavy atom. The molecule has 0 amide bonds. The van der Waals surface area contributed by atoms with E-state index in [4.69, 9.17) is 0 Å². The van der Waals surface area contributed by atoms with Crippen molar-refractivity contribution in [1.82, 2.24) is 0 Å². The molecule has 0 radical (unpaired) electrons. The molecule has 1 atom stereocenters. The summed E-state index contributed by atoms with van der Waals surface area (Å²) in [6, 6.07) is 59.6. The van der Waals surface area contributed by atoms with E-state index in [1.807, 2.05) is 104 Å². The van der Waals surface area contributed by atoms with Gasteiger partial charge in [0.25, 0.3) is 0 Å². The van der Waals surface area contributed by atoms with Gasteiger partial charge in [-0.25, -0.2) is 0 Å². The standard InChI is InChI=1S/C45H34O2/c1-44(46,41-19-8-5-16-38(41)33-12-3-2-4-13-33)36-26-22-31(23-27-36)34-14-11-15-35(30-34)32-24-28-37(29-25-32)45(47)42-20-9-6-17-39(42)40-18-7-10-21-43(40)45/h2-30,46-47H,1H3. The third-order valence-corrected chi connectivity index (χ3v) is 9.74. The second-order valence-corrected chi connectivity index (χ2v) is 12.5. The van der Waals surface area contributed by atoms with Gasteiger partial charge >= 0.3 is 0 Å². The molecule has 2 nitrogen and oxygen atoms in total. The monoisotopic (exact) mass is 606 g/mol. The molecule has 2 heteroatoms. The van der Waals surface area contributed by atoms with Crippen molar-refractivity contribution in [3.8, 4) is 44.5 Å². The fraction of sp³-hybridized carbons (Fsp3) is 0.0667. The molecule has 1 aliphatic rings. The topological polar surface area (TPSA) is 40.5 Å². The molecule has 0 fully saturated rings. The highest BCUT2D eigenvalue weighted by Gasteiger charge is 2.42. The molecule has 226 valence electrons. The maximum Gasteiger partial charge on any atom is 0.141 e. The summed E-state index contributed by atoms with van der Waals surface area (Å²) in [4.78, 5) is 0. The van der Waals surface area contributed by atoms with Gasteiger partial charge < -0.3 is 10.2 Å².